The highest BCUT2D eigenvalue weighted by atomic mass is 16.5. The number of ether oxygens (including phenoxy) is 1. The molecular formula is C14H18N2O. The number of likely N-dealkylation sites (N-methyl/N-ethyl adjacent to an activating group) is 1. The second-order valence-corrected chi connectivity index (χ2v) is 4.71. The van der Waals surface area contributed by atoms with Crippen LogP contribution >= 0.6 is 0 Å². The number of aryl methyl sites for hydroxylation is 1. The molecule has 1 fully saturated rings. The molecule has 3 heteroatoms. The molecule has 1 aromatic rings. The molecule has 1 aliphatic rings. The van der Waals surface area contributed by atoms with Gasteiger partial charge < -0.3 is 4.74 Å². The second kappa shape index (κ2) is 4.77. The summed E-state index contributed by atoms with van der Waals surface area (Å²) in [6.07, 6.45) is 2.23. The maximum atomic E-state index is 9.33. The van der Waals surface area contributed by atoms with Crippen molar-refractivity contribution in [3.63, 3.8) is 0 Å². The van der Waals surface area contributed by atoms with E-state index in [9.17, 15) is 5.26 Å². The minimum Gasteiger partial charge on any atom is -0.491 e. The van der Waals surface area contributed by atoms with E-state index in [1.54, 1.807) is 0 Å². The molecule has 0 saturated heterocycles. The Morgan fingerprint density at radius 2 is 2.29 bits per heavy atom. The van der Waals surface area contributed by atoms with Gasteiger partial charge in [-0.05, 0) is 50.4 Å². The summed E-state index contributed by atoms with van der Waals surface area (Å²) < 4.78 is 5.75. The first-order valence-corrected chi connectivity index (χ1v) is 6.00. The molecule has 0 amide bonds. The Morgan fingerprint density at radius 3 is 2.82 bits per heavy atom. The Kier molecular flexibility index (Phi) is 3.35. The minimum atomic E-state index is -0.524. The lowest BCUT2D eigenvalue weighted by Gasteiger charge is -2.26. The number of nitrogens with zero attached hydrogens (tertiary/aromatic N) is 1. The molecule has 0 spiro atoms. The average molecular weight is 230 g/mol. The number of rotatable bonds is 5. The molecular weight excluding hydrogens is 212 g/mol. The fraction of sp³-hybridized carbons (Fsp3) is 0.500. The van der Waals surface area contributed by atoms with Crippen molar-refractivity contribution in [1.82, 2.24) is 5.32 Å². The quantitative estimate of drug-likeness (QED) is 0.844. The minimum absolute atomic E-state index is 0.411. The van der Waals surface area contributed by atoms with Gasteiger partial charge in [0.2, 0.25) is 0 Å². The predicted molar refractivity (Wildman–Crippen MR) is 66.8 cm³/mol. The van der Waals surface area contributed by atoms with E-state index in [-0.39, 0.29) is 0 Å². The summed E-state index contributed by atoms with van der Waals surface area (Å²) >= 11 is 0. The standard InChI is InChI=1S/C14H18N2O/c1-11-4-3-5-13(8-11)17-10-14(9-15,16-2)12-6-7-12/h3-5,8,12,16H,6-7,10H2,1-2H3. The molecule has 1 N–H and O–H groups in total. The molecule has 1 aromatic carbocycles. The lowest BCUT2D eigenvalue weighted by atomic mass is 9.96. The summed E-state index contributed by atoms with van der Waals surface area (Å²) in [7, 11) is 1.83. The monoisotopic (exact) mass is 230 g/mol. The van der Waals surface area contributed by atoms with Gasteiger partial charge in [0, 0.05) is 0 Å². The first-order valence-electron chi connectivity index (χ1n) is 6.00. The number of hydrogen-bond donors (Lipinski definition) is 1. The molecule has 0 bridgehead atoms. The third-order valence-corrected chi connectivity index (χ3v) is 3.38. The van der Waals surface area contributed by atoms with Gasteiger partial charge in [0.1, 0.15) is 17.9 Å². The first kappa shape index (κ1) is 11.9. The molecule has 0 aliphatic heterocycles. The summed E-state index contributed by atoms with van der Waals surface area (Å²) in [6, 6.07) is 10.3. The van der Waals surface area contributed by atoms with E-state index in [1.807, 2.05) is 38.2 Å². The Morgan fingerprint density at radius 1 is 1.53 bits per heavy atom. The van der Waals surface area contributed by atoms with Crippen LogP contribution in [-0.2, 0) is 0 Å². The third-order valence-electron chi connectivity index (χ3n) is 3.38. The van der Waals surface area contributed by atoms with Crippen molar-refractivity contribution >= 4 is 0 Å². The molecule has 0 heterocycles. The average Bonchev–Trinajstić information content (AvgIpc) is 3.16. The van der Waals surface area contributed by atoms with Gasteiger partial charge in [-0.25, -0.2) is 0 Å². The van der Waals surface area contributed by atoms with Crippen LogP contribution in [0.1, 0.15) is 18.4 Å². The first-order chi connectivity index (χ1) is 8.20. The summed E-state index contributed by atoms with van der Waals surface area (Å²) in [5, 5.41) is 12.5. The van der Waals surface area contributed by atoms with E-state index < -0.39 is 5.54 Å². The van der Waals surface area contributed by atoms with Crippen LogP contribution < -0.4 is 10.1 Å². The van der Waals surface area contributed by atoms with E-state index in [0.717, 1.165) is 18.6 Å². The molecule has 1 saturated carbocycles. The van der Waals surface area contributed by atoms with Gasteiger partial charge in [-0.15, -0.1) is 0 Å². The number of benzene rings is 1. The van der Waals surface area contributed by atoms with Gasteiger partial charge >= 0.3 is 0 Å². The maximum absolute atomic E-state index is 9.33. The highest BCUT2D eigenvalue weighted by Crippen LogP contribution is 2.39. The van der Waals surface area contributed by atoms with E-state index in [2.05, 4.69) is 11.4 Å². The topological polar surface area (TPSA) is 45.0 Å². The van der Waals surface area contributed by atoms with E-state index in [4.69, 9.17) is 4.74 Å². The number of nitriles is 1. The van der Waals surface area contributed by atoms with Crippen molar-refractivity contribution in [2.75, 3.05) is 13.7 Å². The molecule has 1 unspecified atom stereocenters. The smallest absolute Gasteiger partial charge is 0.143 e. The second-order valence-electron chi connectivity index (χ2n) is 4.71. The Labute approximate surface area is 102 Å². The molecule has 1 atom stereocenters. The van der Waals surface area contributed by atoms with Crippen molar-refractivity contribution in [2.45, 2.75) is 25.3 Å². The van der Waals surface area contributed by atoms with Crippen molar-refractivity contribution in [3.05, 3.63) is 29.8 Å². The van der Waals surface area contributed by atoms with Crippen molar-refractivity contribution in [2.24, 2.45) is 5.92 Å². The summed E-state index contributed by atoms with van der Waals surface area (Å²) in [5.74, 6) is 1.27. The highest BCUT2D eigenvalue weighted by Gasteiger charge is 2.45. The van der Waals surface area contributed by atoms with Crippen LogP contribution in [0.2, 0.25) is 0 Å². The third kappa shape index (κ3) is 2.59. The van der Waals surface area contributed by atoms with Crippen LogP contribution in [-0.4, -0.2) is 19.2 Å². The Hall–Kier alpha value is -1.53. The molecule has 0 radical (unpaired) electrons. The fourth-order valence-electron chi connectivity index (χ4n) is 2.05. The van der Waals surface area contributed by atoms with E-state index in [0.29, 0.717) is 12.5 Å². The van der Waals surface area contributed by atoms with Crippen LogP contribution in [0.15, 0.2) is 24.3 Å². The van der Waals surface area contributed by atoms with Crippen LogP contribution in [0.4, 0.5) is 0 Å². The Balaban J connectivity index is 2.03. The molecule has 17 heavy (non-hydrogen) atoms. The van der Waals surface area contributed by atoms with Gasteiger partial charge in [0.25, 0.3) is 0 Å². The van der Waals surface area contributed by atoms with Crippen molar-refractivity contribution < 1.29 is 4.74 Å². The van der Waals surface area contributed by atoms with Gasteiger partial charge in [0.05, 0.1) is 6.07 Å². The van der Waals surface area contributed by atoms with E-state index >= 15 is 0 Å². The summed E-state index contributed by atoms with van der Waals surface area (Å²) in [6.45, 7) is 2.44. The highest BCUT2D eigenvalue weighted by molar-refractivity contribution is 5.28. The normalized spacial score (nSPS) is 18.2. The van der Waals surface area contributed by atoms with Crippen LogP contribution in [0.5, 0.6) is 5.75 Å². The molecule has 3 nitrogen and oxygen atoms in total. The zero-order valence-electron chi connectivity index (χ0n) is 10.4. The maximum Gasteiger partial charge on any atom is 0.143 e. The zero-order chi connectivity index (χ0) is 12.3. The summed E-state index contributed by atoms with van der Waals surface area (Å²) in [5.41, 5.74) is 0.643. The summed E-state index contributed by atoms with van der Waals surface area (Å²) in [4.78, 5) is 0. The van der Waals surface area contributed by atoms with Crippen LogP contribution in [0.3, 0.4) is 0 Å². The van der Waals surface area contributed by atoms with Gasteiger partial charge in [-0.2, -0.15) is 5.26 Å². The molecule has 90 valence electrons. The SMILES string of the molecule is CNC(C#N)(COc1cccc(C)c1)C1CC1. The molecule has 0 aromatic heterocycles. The number of hydrogen-bond acceptors (Lipinski definition) is 3. The van der Waals surface area contributed by atoms with E-state index in [1.165, 1.54) is 5.56 Å². The van der Waals surface area contributed by atoms with Crippen LogP contribution in [0, 0.1) is 24.2 Å². The zero-order valence-corrected chi connectivity index (χ0v) is 10.4. The van der Waals surface area contributed by atoms with Crippen LogP contribution in [0.25, 0.3) is 0 Å². The molecule has 1 aliphatic carbocycles. The Bertz CT molecular complexity index is 434. The molecule has 2 rings (SSSR count). The van der Waals surface area contributed by atoms with Gasteiger partial charge in [-0.3, -0.25) is 5.32 Å². The fourth-order valence-corrected chi connectivity index (χ4v) is 2.05. The largest absolute Gasteiger partial charge is 0.491 e. The van der Waals surface area contributed by atoms with Gasteiger partial charge in [0.15, 0.2) is 0 Å². The van der Waals surface area contributed by atoms with Crippen molar-refractivity contribution in [3.8, 4) is 11.8 Å². The number of nitrogens with one attached hydrogen (secondary N) is 1. The predicted octanol–water partition coefficient (Wildman–Crippen LogP) is 2.27. The lowest BCUT2D eigenvalue weighted by Crippen LogP contribution is -2.49. The lowest BCUT2D eigenvalue weighted by molar-refractivity contribution is 0.210. The van der Waals surface area contributed by atoms with Crippen molar-refractivity contribution in [1.29, 1.82) is 5.26 Å². The van der Waals surface area contributed by atoms with Gasteiger partial charge in [-0.1, -0.05) is 12.1 Å².